The van der Waals surface area contributed by atoms with Gasteiger partial charge in [0.05, 0.1) is 0 Å². The van der Waals surface area contributed by atoms with Crippen LogP contribution in [0, 0.1) is 5.82 Å². The van der Waals surface area contributed by atoms with Gasteiger partial charge in [0.2, 0.25) is 0 Å². The van der Waals surface area contributed by atoms with Crippen LogP contribution in [0.2, 0.25) is 0 Å². The fraction of sp³-hybridized carbons (Fsp3) is 0.462. The van der Waals surface area contributed by atoms with Crippen molar-refractivity contribution in [3.05, 3.63) is 29.6 Å². The van der Waals surface area contributed by atoms with Crippen molar-refractivity contribution in [1.29, 1.82) is 0 Å². The molecular formula is C13H17BrFNO2. The monoisotopic (exact) mass is 317 g/mol. The van der Waals surface area contributed by atoms with Gasteiger partial charge in [-0.05, 0) is 25.0 Å². The lowest BCUT2D eigenvalue weighted by atomic mass is 10.1. The number of amides is 1. The number of aromatic hydroxyl groups is 1. The molecule has 5 heteroatoms. The Labute approximate surface area is 115 Å². The minimum atomic E-state index is -0.702. The number of benzene rings is 1. The zero-order chi connectivity index (χ0) is 13.4. The lowest BCUT2D eigenvalue weighted by molar-refractivity contribution is 0.0946. The van der Waals surface area contributed by atoms with E-state index in [1.54, 1.807) is 0 Å². The lowest BCUT2D eigenvalue weighted by Crippen LogP contribution is -2.25. The van der Waals surface area contributed by atoms with Crippen molar-refractivity contribution in [1.82, 2.24) is 5.32 Å². The number of hydrogen-bond donors (Lipinski definition) is 2. The van der Waals surface area contributed by atoms with Gasteiger partial charge in [0, 0.05) is 11.9 Å². The topological polar surface area (TPSA) is 49.3 Å². The number of carbonyl (C=O) groups excluding carboxylic acids is 1. The molecule has 0 aliphatic carbocycles. The van der Waals surface area contributed by atoms with Gasteiger partial charge in [-0.15, -0.1) is 0 Å². The van der Waals surface area contributed by atoms with E-state index in [1.165, 1.54) is 12.1 Å². The van der Waals surface area contributed by atoms with Gasteiger partial charge in [-0.1, -0.05) is 34.8 Å². The van der Waals surface area contributed by atoms with Crippen molar-refractivity contribution in [2.45, 2.75) is 25.7 Å². The van der Waals surface area contributed by atoms with Crippen molar-refractivity contribution >= 4 is 21.8 Å². The average molecular weight is 318 g/mol. The second kappa shape index (κ2) is 8.08. The van der Waals surface area contributed by atoms with E-state index in [0.717, 1.165) is 37.1 Å². The number of alkyl halides is 1. The summed E-state index contributed by atoms with van der Waals surface area (Å²) in [7, 11) is 0. The number of phenols is 1. The van der Waals surface area contributed by atoms with Crippen LogP contribution in [0.25, 0.3) is 0 Å². The third-order valence-electron chi connectivity index (χ3n) is 2.56. The van der Waals surface area contributed by atoms with Crippen molar-refractivity contribution in [2.24, 2.45) is 0 Å². The first-order valence-electron chi connectivity index (χ1n) is 5.98. The molecule has 18 heavy (non-hydrogen) atoms. The number of unbranched alkanes of at least 4 members (excludes halogenated alkanes) is 3. The summed E-state index contributed by atoms with van der Waals surface area (Å²) in [6, 6.07) is 3.82. The van der Waals surface area contributed by atoms with E-state index in [2.05, 4.69) is 21.2 Å². The molecule has 1 aromatic carbocycles. The smallest absolute Gasteiger partial charge is 0.258 e. The molecule has 0 fully saturated rings. The molecule has 1 aromatic rings. The molecule has 0 aliphatic rings. The first kappa shape index (κ1) is 15.0. The van der Waals surface area contributed by atoms with E-state index in [0.29, 0.717) is 6.54 Å². The van der Waals surface area contributed by atoms with Crippen molar-refractivity contribution in [3.8, 4) is 5.75 Å². The molecule has 0 unspecified atom stereocenters. The van der Waals surface area contributed by atoms with E-state index >= 15 is 0 Å². The van der Waals surface area contributed by atoms with Crippen LogP contribution in [-0.2, 0) is 0 Å². The van der Waals surface area contributed by atoms with E-state index in [9.17, 15) is 14.3 Å². The number of nitrogens with one attached hydrogen (secondary N) is 1. The Hall–Kier alpha value is -1.10. The van der Waals surface area contributed by atoms with Gasteiger partial charge in [0.15, 0.2) is 0 Å². The van der Waals surface area contributed by atoms with Crippen LogP contribution in [0.4, 0.5) is 4.39 Å². The first-order chi connectivity index (χ1) is 8.66. The van der Waals surface area contributed by atoms with Gasteiger partial charge in [-0.25, -0.2) is 4.39 Å². The second-order valence-corrected chi connectivity index (χ2v) is 4.79. The predicted octanol–water partition coefficient (Wildman–Crippen LogP) is 3.22. The van der Waals surface area contributed by atoms with Crippen LogP contribution in [-0.4, -0.2) is 22.9 Å². The van der Waals surface area contributed by atoms with Crippen molar-refractivity contribution in [3.63, 3.8) is 0 Å². The maximum Gasteiger partial charge on any atom is 0.258 e. The van der Waals surface area contributed by atoms with Crippen LogP contribution >= 0.6 is 15.9 Å². The van der Waals surface area contributed by atoms with Gasteiger partial charge in [-0.3, -0.25) is 4.79 Å². The molecule has 0 aliphatic heterocycles. The molecular weight excluding hydrogens is 301 g/mol. The fourth-order valence-corrected chi connectivity index (χ4v) is 2.00. The highest BCUT2D eigenvalue weighted by molar-refractivity contribution is 9.09. The molecule has 1 rings (SSSR count). The summed E-state index contributed by atoms with van der Waals surface area (Å²) >= 11 is 3.35. The lowest BCUT2D eigenvalue weighted by Gasteiger charge is -2.07. The summed E-state index contributed by atoms with van der Waals surface area (Å²) in [6.45, 7) is 0.495. The molecule has 0 heterocycles. The molecule has 0 saturated carbocycles. The van der Waals surface area contributed by atoms with Crippen molar-refractivity contribution in [2.75, 3.05) is 11.9 Å². The fourth-order valence-electron chi connectivity index (χ4n) is 1.60. The Bertz CT molecular complexity index is 378. The molecule has 1 amide bonds. The first-order valence-corrected chi connectivity index (χ1v) is 7.10. The molecule has 0 bridgehead atoms. The normalized spacial score (nSPS) is 10.3. The highest BCUT2D eigenvalue weighted by Gasteiger charge is 2.15. The van der Waals surface area contributed by atoms with Gasteiger partial charge in [0.25, 0.3) is 5.91 Å². The Morgan fingerprint density at radius 1 is 1.28 bits per heavy atom. The van der Waals surface area contributed by atoms with Crippen LogP contribution < -0.4 is 5.32 Å². The van der Waals surface area contributed by atoms with Gasteiger partial charge >= 0.3 is 0 Å². The maximum absolute atomic E-state index is 13.4. The van der Waals surface area contributed by atoms with E-state index in [4.69, 9.17) is 0 Å². The molecule has 0 spiro atoms. The molecule has 0 aromatic heterocycles. The predicted molar refractivity (Wildman–Crippen MR) is 72.7 cm³/mol. The standard InChI is InChI=1S/C13H17BrFNO2/c14-8-3-1-2-4-9-16-13(18)12-10(15)6-5-7-11(12)17/h5-7,17H,1-4,8-9H2,(H,16,18). The maximum atomic E-state index is 13.4. The summed E-state index contributed by atoms with van der Waals surface area (Å²) in [5.41, 5.74) is -0.280. The van der Waals surface area contributed by atoms with Gasteiger partial charge in [0.1, 0.15) is 17.1 Å². The van der Waals surface area contributed by atoms with Crippen LogP contribution in [0.1, 0.15) is 36.0 Å². The van der Waals surface area contributed by atoms with E-state index in [1.807, 2.05) is 0 Å². The number of phenolic OH excluding ortho intramolecular Hbond substituents is 1. The van der Waals surface area contributed by atoms with Crippen LogP contribution in [0.3, 0.4) is 0 Å². The molecule has 0 saturated heterocycles. The quantitative estimate of drug-likeness (QED) is 0.599. The number of carbonyl (C=O) groups is 1. The number of hydrogen-bond acceptors (Lipinski definition) is 2. The summed E-state index contributed by atoms with van der Waals surface area (Å²) in [5.74, 6) is -1.59. The minimum absolute atomic E-state index is 0.280. The Balaban J connectivity index is 2.37. The van der Waals surface area contributed by atoms with E-state index < -0.39 is 11.7 Å². The summed E-state index contributed by atoms with van der Waals surface area (Å²) in [4.78, 5) is 11.7. The van der Waals surface area contributed by atoms with Crippen LogP contribution in [0.5, 0.6) is 5.75 Å². The Kier molecular flexibility index (Phi) is 6.72. The number of halogens is 2. The largest absolute Gasteiger partial charge is 0.507 e. The number of rotatable bonds is 7. The minimum Gasteiger partial charge on any atom is -0.507 e. The molecule has 2 N–H and O–H groups in total. The summed E-state index contributed by atoms with van der Waals surface area (Å²) in [5, 5.41) is 13.0. The Morgan fingerprint density at radius 2 is 2.00 bits per heavy atom. The summed E-state index contributed by atoms with van der Waals surface area (Å²) < 4.78 is 13.4. The highest BCUT2D eigenvalue weighted by atomic mass is 79.9. The third-order valence-corrected chi connectivity index (χ3v) is 3.13. The zero-order valence-electron chi connectivity index (χ0n) is 10.1. The average Bonchev–Trinajstić information content (AvgIpc) is 2.33. The van der Waals surface area contributed by atoms with Crippen molar-refractivity contribution < 1.29 is 14.3 Å². The summed E-state index contributed by atoms with van der Waals surface area (Å²) in [6.07, 6.45) is 4.09. The van der Waals surface area contributed by atoms with Crippen LogP contribution in [0.15, 0.2) is 18.2 Å². The molecule has 0 radical (unpaired) electrons. The highest BCUT2D eigenvalue weighted by Crippen LogP contribution is 2.19. The molecule has 100 valence electrons. The van der Waals surface area contributed by atoms with E-state index in [-0.39, 0.29) is 11.3 Å². The van der Waals surface area contributed by atoms with Gasteiger partial charge in [-0.2, -0.15) is 0 Å². The second-order valence-electron chi connectivity index (χ2n) is 3.99. The Morgan fingerprint density at radius 3 is 2.67 bits per heavy atom. The zero-order valence-corrected chi connectivity index (χ0v) is 11.7. The third kappa shape index (κ3) is 4.64. The molecule has 3 nitrogen and oxygen atoms in total. The van der Waals surface area contributed by atoms with Gasteiger partial charge < -0.3 is 10.4 Å². The SMILES string of the molecule is O=C(NCCCCCCBr)c1c(O)cccc1F. The molecule has 0 atom stereocenters.